The predicted octanol–water partition coefficient (Wildman–Crippen LogP) is 2.91. The second-order valence-electron chi connectivity index (χ2n) is 5.70. The number of halogens is 2. The van der Waals surface area contributed by atoms with Gasteiger partial charge in [-0.3, -0.25) is 9.59 Å². The second-order valence-corrected chi connectivity index (χ2v) is 5.70. The molecule has 0 bridgehead atoms. The molecule has 0 saturated carbocycles. The monoisotopic (exact) mass is 370 g/mol. The molecule has 2 amide bonds. The van der Waals surface area contributed by atoms with E-state index in [4.69, 9.17) is 0 Å². The standard InChI is InChI=1S/C19H16F2N4O2/c20-13-1-6-16(17(21)11-13)19(27)23-8-7-18(26)24-14-2-4-15(5-3-14)25-10-9-22-12-25/h1-6,9-12H,7-8H2,(H,23,27)(H,24,26). The average molecular weight is 370 g/mol. The first-order chi connectivity index (χ1) is 13.0. The van der Waals surface area contributed by atoms with E-state index in [0.717, 1.165) is 17.8 Å². The number of anilines is 1. The van der Waals surface area contributed by atoms with Gasteiger partial charge in [0.05, 0.1) is 11.9 Å². The number of aromatic nitrogens is 2. The van der Waals surface area contributed by atoms with Gasteiger partial charge in [0.2, 0.25) is 5.91 Å². The highest BCUT2D eigenvalue weighted by Gasteiger charge is 2.12. The largest absolute Gasteiger partial charge is 0.351 e. The highest BCUT2D eigenvalue weighted by molar-refractivity contribution is 5.95. The van der Waals surface area contributed by atoms with Crippen molar-refractivity contribution in [1.82, 2.24) is 14.9 Å². The normalized spacial score (nSPS) is 10.4. The molecule has 0 atom stereocenters. The van der Waals surface area contributed by atoms with E-state index in [0.29, 0.717) is 11.8 Å². The number of carbonyl (C=O) groups excluding carboxylic acids is 2. The SMILES string of the molecule is O=C(CCNC(=O)c1ccc(F)cc1F)Nc1ccc(-n2ccnc2)cc1. The Morgan fingerprint density at radius 1 is 1.07 bits per heavy atom. The van der Waals surface area contributed by atoms with Crippen molar-refractivity contribution in [3.05, 3.63) is 78.4 Å². The van der Waals surface area contributed by atoms with Gasteiger partial charge in [0, 0.05) is 42.8 Å². The summed E-state index contributed by atoms with van der Waals surface area (Å²) < 4.78 is 28.2. The summed E-state index contributed by atoms with van der Waals surface area (Å²) in [5.41, 5.74) is 1.24. The highest BCUT2D eigenvalue weighted by atomic mass is 19.1. The van der Waals surface area contributed by atoms with Crippen LogP contribution in [0.15, 0.2) is 61.2 Å². The molecule has 1 heterocycles. The molecule has 0 saturated heterocycles. The van der Waals surface area contributed by atoms with Crippen molar-refractivity contribution < 1.29 is 18.4 Å². The third-order valence-electron chi connectivity index (χ3n) is 3.77. The number of amides is 2. The van der Waals surface area contributed by atoms with Crippen LogP contribution in [0.5, 0.6) is 0 Å². The van der Waals surface area contributed by atoms with Crippen molar-refractivity contribution in [3.63, 3.8) is 0 Å². The smallest absolute Gasteiger partial charge is 0.254 e. The van der Waals surface area contributed by atoms with Crippen molar-refractivity contribution in [2.75, 3.05) is 11.9 Å². The molecular weight excluding hydrogens is 354 g/mol. The molecule has 3 rings (SSSR count). The molecule has 0 aliphatic carbocycles. The molecule has 1 aromatic heterocycles. The summed E-state index contributed by atoms with van der Waals surface area (Å²) in [6.07, 6.45) is 5.15. The summed E-state index contributed by atoms with van der Waals surface area (Å²) in [6.45, 7) is 0.0224. The topological polar surface area (TPSA) is 76.0 Å². The van der Waals surface area contributed by atoms with Crippen LogP contribution in [0, 0.1) is 11.6 Å². The summed E-state index contributed by atoms with van der Waals surface area (Å²) in [4.78, 5) is 27.8. The second kappa shape index (κ2) is 8.22. The highest BCUT2D eigenvalue weighted by Crippen LogP contribution is 2.13. The van der Waals surface area contributed by atoms with Gasteiger partial charge in [0.25, 0.3) is 5.91 Å². The van der Waals surface area contributed by atoms with Crippen molar-refractivity contribution in [2.24, 2.45) is 0 Å². The fourth-order valence-corrected chi connectivity index (χ4v) is 2.41. The van der Waals surface area contributed by atoms with Crippen LogP contribution in [0.2, 0.25) is 0 Å². The molecule has 0 unspecified atom stereocenters. The van der Waals surface area contributed by atoms with Gasteiger partial charge in [-0.05, 0) is 36.4 Å². The molecule has 2 N–H and O–H groups in total. The first-order valence-corrected chi connectivity index (χ1v) is 8.14. The zero-order valence-electron chi connectivity index (χ0n) is 14.2. The van der Waals surface area contributed by atoms with Gasteiger partial charge in [0.15, 0.2) is 0 Å². The van der Waals surface area contributed by atoms with Gasteiger partial charge in [-0.2, -0.15) is 0 Å². The molecule has 0 fully saturated rings. The maximum atomic E-state index is 13.5. The minimum absolute atomic E-state index is 0.0117. The Bertz CT molecular complexity index is 941. The number of hydrogen-bond donors (Lipinski definition) is 2. The van der Waals surface area contributed by atoms with Gasteiger partial charge in [-0.1, -0.05) is 0 Å². The molecule has 0 radical (unpaired) electrons. The number of nitrogens with one attached hydrogen (secondary N) is 2. The maximum absolute atomic E-state index is 13.5. The van der Waals surface area contributed by atoms with Crippen LogP contribution in [0.25, 0.3) is 5.69 Å². The Morgan fingerprint density at radius 2 is 1.85 bits per heavy atom. The molecule has 0 aliphatic rings. The minimum atomic E-state index is -0.949. The molecule has 3 aromatic rings. The summed E-state index contributed by atoms with van der Waals surface area (Å²) in [5, 5.41) is 5.14. The van der Waals surface area contributed by atoms with E-state index in [1.807, 2.05) is 16.7 Å². The van der Waals surface area contributed by atoms with E-state index in [2.05, 4.69) is 15.6 Å². The van der Waals surface area contributed by atoms with E-state index >= 15 is 0 Å². The van der Waals surface area contributed by atoms with Crippen molar-refractivity contribution >= 4 is 17.5 Å². The zero-order chi connectivity index (χ0) is 19.2. The number of nitrogens with zero attached hydrogens (tertiary/aromatic N) is 2. The molecule has 0 aliphatic heterocycles. The van der Waals surface area contributed by atoms with Gasteiger partial charge in [0.1, 0.15) is 11.6 Å². The third-order valence-corrected chi connectivity index (χ3v) is 3.77. The van der Waals surface area contributed by atoms with Gasteiger partial charge in [-0.15, -0.1) is 0 Å². The van der Waals surface area contributed by atoms with Gasteiger partial charge < -0.3 is 15.2 Å². The van der Waals surface area contributed by atoms with Crippen LogP contribution in [0.4, 0.5) is 14.5 Å². The Hall–Kier alpha value is -3.55. The first-order valence-electron chi connectivity index (χ1n) is 8.14. The van der Waals surface area contributed by atoms with E-state index < -0.39 is 17.5 Å². The number of rotatable bonds is 6. The van der Waals surface area contributed by atoms with Crippen LogP contribution in [-0.4, -0.2) is 27.9 Å². The lowest BCUT2D eigenvalue weighted by Gasteiger charge is -2.08. The number of carbonyl (C=O) groups is 2. The molecule has 6 nitrogen and oxygen atoms in total. The lowest BCUT2D eigenvalue weighted by molar-refractivity contribution is -0.116. The average Bonchev–Trinajstić information content (AvgIpc) is 3.17. The number of imidazole rings is 1. The van der Waals surface area contributed by atoms with Gasteiger partial charge in [-0.25, -0.2) is 13.8 Å². The van der Waals surface area contributed by atoms with Crippen molar-refractivity contribution in [2.45, 2.75) is 6.42 Å². The first kappa shape index (κ1) is 18.2. The van der Waals surface area contributed by atoms with Crippen molar-refractivity contribution in [3.8, 4) is 5.69 Å². The van der Waals surface area contributed by atoms with Crippen molar-refractivity contribution in [1.29, 1.82) is 0 Å². The maximum Gasteiger partial charge on any atom is 0.254 e. The Labute approximate surface area is 153 Å². The Balaban J connectivity index is 1.47. The summed E-state index contributed by atoms with van der Waals surface area (Å²) in [6, 6.07) is 9.85. The lowest BCUT2D eigenvalue weighted by Crippen LogP contribution is -2.28. The Morgan fingerprint density at radius 3 is 2.52 bits per heavy atom. The quantitative estimate of drug-likeness (QED) is 0.701. The van der Waals surface area contributed by atoms with Gasteiger partial charge >= 0.3 is 0 Å². The van der Waals surface area contributed by atoms with E-state index in [1.165, 1.54) is 0 Å². The van der Waals surface area contributed by atoms with Crippen LogP contribution in [0.1, 0.15) is 16.8 Å². The fourth-order valence-electron chi connectivity index (χ4n) is 2.41. The van der Waals surface area contributed by atoms with Crippen LogP contribution < -0.4 is 10.6 Å². The molecule has 0 spiro atoms. The number of benzene rings is 2. The van der Waals surface area contributed by atoms with Crippen LogP contribution >= 0.6 is 0 Å². The van der Waals surface area contributed by atoms with Crippen LogP contribution in [0.3, 0.4) is 0 Å². The Kier molecular flexibility index (Phi) is 5.55. The lowest BCUT2D eigenvalue weighted by atomic mass is 10.2. The third kappa shape index (κ3) is 4.75. The minimum Gasteiger partial charge on any atom is -0.351 e. The predicted molar refractivity (Wildman–Crippen MR) is 95.5 cm³/mol. The molecule has 138 valence electrons. The zero-order valence-corrected chi connectivity index (χ0v) is 14.2. The summed E-state index contributed by atoms with van der Waals surface area (Å²) >= 11 is 0. The fraction of sp³-hybridized carbons (Fsp3) is 0.105. The van der Waals surface area contributed by atoms with E-state index in [-0.39, 0.29) is 24.4 Å². The summed E-state index contributed by atoms with van der Waals surface area (Å²) in [5.74, 6) is -2.72. The van der Waals surface area contributed by atoms with Crippen LogP contribution in [-0.2, 0) is 4.79 Å². The summed E-state index contributed by atoms with van der Waals surface area (Å²) in [7, 11) is 0. The molecule has 2 aromatic carbocycles. The number of hydrogen-bond acceptors (Lipinski definition) is 3. The van der Waals surface area contributed by atoms with E-state index in [9.17, 15) is 18.4 Å². The molecular formula is C19H16F2N4O2. The van der Waals surface area contributed by atoms with E-state index in [1.54, 1.807) is 30.9 Å². The molecule has 27 heavy (non-hydrogen) atoms. The molecule has 8 heteroatoms.